The van der Waals surface area contributed by atoms with Gasteiger partial charge in [0.05, 0.1) is 0 Å². The van der Waals surface area contributed by atoms with E-state index in [1.165, 1.54) is 12.8 Å². The van der Waals surface area contributed by atoms with Crippen molar-refractivity contribution >= 4 is 0 Å². The Balaban J connectivity index is 0. The maximum Gasteiger partial charge on any atom is 0 e. The summed E-state index contributed by atoms with van der Waals surface area (Å²) in [6.07, 6.45) is 2.44. The molecule has 0 heterocycles. The molecule has 0 rings (SSSR count). The molecule has 0 aliphatic heterocycles. The Bertz CT molecular complexity index is 23.4. The van der Waals surface area contributed by atoms with Gasteiger partial charge in [-0.3, -0.25) is 0 Å². The van der Waals surface area contributed by atoms with Gasteiger partial charge in [-0.1, -0.05) is 26.7 Å². The van der Waals surface area contributed by atoms with Crippen LogP contribution < -0.4 is 0 Å². The number of hydrogen-bond donors (Lipinski definition) is 0. The van der Waals surface area contributed by atoms with Crippen molar-refractivity contribution in [2.24, 2.45) is 5.92 Å². The third-order valence-electron chi connectivity index (χ3n) is 1.15. The molecule has 0 aromatic carbocycles. The Morgan fingerprint density at radius 1 is 1.29 bits per heavy atom. The molecular weight excluding hydrogens is 161 g/mol. The van der Waals surface area contributed by atoms with Crippen molar-refractivity contribution < 1.29 is 32.7 Å². The van der Waals surface area contributed by atoms with Gasteiger partial charge in [0, 0.05) is 32.7 Å². The van der Waals surface area contributed by atoms with Crippen LogP contribution >= 0.6 is 0 Å². The van der Waals surface area contributed by atoms with E-state index in [9.17, 15) is 0 Å². The predicted molar refractivity (Wildman–Crippen MR) is 29.4 cm³/mol. The first-order valence-electron chi connectivity index (χ1n) is 2.64. The van der Waals surface area contributed by atoms with Crippen molar-refractivity contribution in [2.45, 2.75) is 26.7 Å². The standard InChI is InChI=1S/C6H13.Y/c1-4-6(3)5-2;/h6H,3-5H2,1-2H3;/q-1;. The number of hydrogen-bond acceptors (Lipinski definition) is 0. The van der Waals surface area contributed by atoms with Gasteiger partial charge < -0.3 is 6.92 Å². The molecule has 0 unspecified atom stereocenters. The average molecular weight is 174 g/mol. The molecule has 0 saturated carbocycles. The van der Waals surface area contributed by atoms with E-state index in [1.54, 1.807) is 0 Å². The Kier molecular flexibility index (Phi) is 11.1. The van der Waals surface area contributed by atoms with Gasteiger partial charge in [0.2, 0.25) is 0 Å². The van der Waals surface area contributed by atoms with E-state index >= 15 is 0 Å². The van der Waals surface area contributed by atoms with E-state index in [2.05, 4.69) is 20.8 Å². The fraction of sp³-hybridized carbons (Fsp3) is 0.833. The van der Waals surface area contributed by atoms with Crippen LogP contribution in [0.5, 0.6) is 0 Å². The van der Waals surface area contributed by atoms with E-state index in [1.807, 2.05) is 0 Å². The topological polar surface area (TPSA) is 0 Å². The van der Waals surface area contributed by atoms with E-state index < -0.39 is 0 Å². The van der Waals surface area contributed by atoms with Crippen LogP contribution in [0, 0.1) is 12.8 Å². The van der Waals surface area contributed by atoms with Crippen molar-refractivity contribution in [3.63, 3.8) is 0 Å². The maximum atomic E-state index is 3.88. The summed E-state index contributed by atoms with van der Waals surface area (Å²) in [6.45, 7) is 8.21. The summed E-state index contributed by atoms with van der Waals surface area (Å²) in [4.78, 5) is 0. The van der Waals surface area contributed by atoms with Gasteiger partial charge >= 0.3 is 0 Å². The van der Waals surface area contributed by atoms with Gasteiger partial charge in [-0.15, -0.1) is 0 Å². The van der Waals surface area contributed by atoms with Crippen LogP contribution in [-0.4, -0.2) is 0 Å². The van der Waals surface area contributed by atoms with Crippen LogP contribution in [-0.2, 0) is 32.7 Å². The summed E-state index contributed by atoms with van der Waals surface area (Å²) in [7, 11) is 0. The van der Waals surface area contributed by atoms with Crippen LogP contribution in [0.2, 0.25) is 0 Å². The molecule has 41 valence electrons. The second kappa shape index (κ2) is 7.10. The zero-order valence-corrected chi connectivity index (χ0v) is 8.11. The summed E-state index contributed by atoms with van der Waals surface area (Å²) in [5.74, 6) is 0.685. The third-order valence-corrected chi connectivity index (χ3v) is 1.15. The van der Waals surface area contributed by atoms with Crippen molar-refractivity contribution in [3.05, 3.63) is 6.92 Å². The molecule has 7 heavy (non-hydrogen) atoms. The summed E-state index contributed by atoms with van der Waals surface area (Å²) in [6, 6.07) is 0. The second-order valence-corrected chi connectivity index (χ2v) is 1.68. The van der Waals surface area contributed by atoms with Gasteiger partial charge in [-0.05, 0) is 0 Å². The molecule has 1 radical (unpaired) electrons. The molecule has 0 amide bonds. The minimum absolute atomic E-state index is 0. The Morgan fingerprint density at radius 3 is 1.57 bits per heavy atom. The summed E-state index contributed by atoms with van der Waals surface area (Å²) in [5, 5.41) is 0. The third kappa shape index (κ3) is 7.10. The molecule has 0 N–H and O–H groups in total. The summed E-state index contributed by atoms with van der Waals surface area (Å²) >= 11 is 0. The smallest absolute Gasteiger partial charge is 0 e. The second-order valence-electron chi connectivity index (χ2n) is 1.68. The normalized spacial score (nSPS) is 8.57. The van der Waals surface area contributed by atoms with Crippen LogP contribution in [0.25, 0.3) is 0 Å². The van der Waals surface area contributed by atoms with E-state index in [-0.39, 0.29) is 32.7 Å². The zero-order chi connectivity index (χ0) is 4.99. The van der Waals surface area contributed by atoms with Crippen LogP contribution in [0.3, 0.4) is 0 Å². The molecule has 1 heteroatoms. The van der Waals surface area contributed by atoms with Gasteiger partial charge in [0.1, 0.15) is 0 Å². The fourth-order valence-electron chi connectivity index (χ4n) is 0.289. The van der Waals surface area contributed by atoms with Crippen molar-refractivity contribution in [1.82, 2.24) is 0 Å². The minimum atomic E-state index is 0. The van der Waals surface area contributed by atoms with E-state index in [0.29, 0.717) is 5.92 Å². The van der Waals surface area contributed by atoms with Crippen molar-refractivity contribution in [2.75, 3.05) is 0 Å². The summed E-state index contributed by atoms with van der Waals surface area (Å²) < 4.78 is 0. The van der Waals surface area contributed by atoms with Crippen molar-refractivity contribution in [1.29, 1.82) is 0 Å². The largest absolute Gasteiger partial charge is 0.340 e. The molecule has 0 spiro atoms. The van der Waals surface area contributed by atoms with E-state index in [0.717, 1.165) is 0 Å². The first-order valence-corrected chi connectivity index (χ1v) is 2.64. The predicted octanol–water partition coefficient (Wildman–Crippen LogP) is 2.25. The Morgan fingerprint density at radius 2 is 1.57 bits per heavy atom. The number of rotatable bonds is 2. The summed E-state index contributed by atoms with van der Waals surface area (Å²) in [5.41, 5.74) is 0. The molecule has 0 aromatic rings. The maximum absolute atomic E-state index is 3.88. The fourth-order valence-corrected chi connectivity index (χ4v) is 0.289. The molecule has 0 nitrogen and oxygen atoms in total. The van der Waals surface area contributed by atoms with Crippen LogP contribution in [0.15, 0.2) is 0 Å². The molecule has 0 atom stereocenters. The van der Waals surface area contributed by atoms with Crippen LogP contribution in [0.4, 0.5) is 0 Å². The van der Waals surface area contributed by atoms with Gasteiger partial charge in [-0.25, -0.2) is 0 Å². The molecule has 0 aromatic heterocycles. The van der Waals surface area contributed by atoms with Gasteiger partial charge in [0.25, 0.3) is 0 Å². The molecule has 0 fully saturated rings. The monoisotopic (exact) mass is 174 g/mol. The molecule has 0 aliphatic carbocycles. The Labute approximate surface area is 71.9 Å². The SMILES string of the molecule is [CH2-]C(CC)CC.[Y]. The van der Waals surface area contributed by atoms with E-state index in [4.69, 9.17) is 0 Å². The first kappa shape index (κ1) is 11.0. The van der Waals surface area contributed by atoms with Crippen LogP contribution in [0.1, 0.15) is 26.7 Å². The average Bonchev–Trinajstić information content (AvgIpc) is 1.65. The molecule has 0 saturated heterocycles. The van der Waals surface area contributed by atoms with Crippen molar-refractivity contribution in [3.8, 4) is 0 Å². The quantitative estimate of drug-likeness (QED) is 0.563. The van der Waals surface area contributed by atoms with Gasteiger partial charge in [-0.2, -0.15) is 5.92 Å². The molecule has 0 bridgehead atoms. The minimum Gasteiger partial charge on any atom is -0.340 e. The van der Waals surface area contributed by atoms with Gasteiger partial charge in [0.15, 0.2) is 0 Å². The first-order chi connectivity index (χ1) is 2.81. The molecule has 0 aliphatic rings. The Hall–Kier alpha value is 1.10. The molecular formula is C6H13Y-. The zero-order valence-electron chi connectivity index (χ0n) is 5.28.